The van der Waals surface area contributed by atoms with Crippen molar-refractivity contribution >= 4 is 46.4 Å². The molecular weight excluding hydrogens is 357 g/mol. The number of hydrogen-bond acceptors (Lipinski definition) is 4. The van der Waals surface area contributed by atoms with E-state index in [1.54, 1.807) is 25.2 Å². The zero-order valence-corrected chi connectivity index (χ0v) is 14.6. The highest BCUT2D eigenvalue weighted by atomic mass is 35.5. The van der Waals surface area contributed by atoms with Crippen LogP contribution in [0.25, 0.3) is 11.1 Å². The van der Waals surface area contributed by atoms with Crippen LogP contribution in [0, 0.1) is 6.92 Å². The van der Waals surface area contributed by atoms with E-state index < -0.39 is 5.91 Å². The number of aryl methyl sites for hydroxylation is 1. The highest BCUT2D eigenvalue weighted by Crippen LogP contribution is 2.28. The van der Waals surface area contributed by atoms with E-state index in [4.69, 9.17) is 35.4 Å². The average molecular weight is 370 g/mol. The summed E-state index contributed by atoms with van der Waals surface area (Å²) in [4.78, 5) is 20.4. The Morgan fingerprint density at radius 1 is 1.17 bits per heavy atom. The van der Waals surface area contributed by atoms with Crippen LogP contribution in [0.15, 0.2) is 24.4 Å². The van der Waals surface area contributed by atoms with Crippen LogP contribution in [0.3, 0.4) is 0 Å². The van der Waals surface area contributed by atoms with Gasteiger partial charge in [-0.3, -0.25) is 20.6 Å². The maximum Gasteiger partial charge on any atom is 0.271 e. The van der Waals surface area contributed by atoms with Gasteiger partial charge in [-0.2, -0.15) is 0 Å². The Labute approximate surface area is 148 Å². The number of nitrogens with zero attached hydrogens (tertiary/aromatic N) is 2. The molecule has 1 amide bonds. The molecule has 2 aromatic heterocycles. The first-order valence-corrected chi connectivity index (χ1v) is 7.65. The van der Waals surface area contributed by atoms with Gasteiger partial charge in [0.1, 0.15) is 10.3 Å². The van der Waals surface area contributed by atoms with Crippen LogP contribution < -0.4 is 16.2 Å². The Balaban J connectivity index is 2.41. The third kappa shape index (κ3) is 4.51. The number of carbonyl (C=O) groups excluding carboxylic acids is 1. The van der Waals surface area contributed by atoms with Crippen LogP contribution in [0.5, 0.6) is 0 Å². The Hall–Kier alpha value is -1.96. The standard InChI is InChI=1S/C14H13Cl2N5OS/c1-7-3-9(8-4-11(15)19-12(16)5-8)10(6-18-7)13(22)20-21-14(23)17-2/h3-6H,1-2H3,(H,20,22)(H2,17,21,23). The van der Waals surface area contributed by atoms with Crippen molar-refractivity contribution in [1.82, 2.24) is 26.1 Å². The molecule has 2 aromatic rings. The first-order chi connectivity index (χ1) is 10.9. The Morgan fingerprint density at radius 3 is 2.43 bits per heavy atom. The van der Waals surface area contributed by atoms with Crippen molar-refractivity contribution in [3.8, 4) is 11.1 Å². The van der Waals surface area contributed by atoms with E-state index in [0.29, 0.717) is 16.7 Å². The minimum atomic E-state index is -0.394. The van der Waals surface area contributed by atoms with Crippen LogP contribution in [-0.4, -0.2) is 28.0 Å². The molecule has 0 aromatic carbocycles. The quantitative estimate of drug-likeness (QED) is 0.428. The van der Waals surface area contributed by atoms with Gasteiger partial charge in [0.2, 0.25) is 0 Å². The number of hydrazine groups is 1. The summed E-state index contributed by atoms with van der Waals surface area (Å²) >= 11 is 16.8. The van der Waals surface area contributed by atoms with E-state index in [-0.39, 0.29) is 15.4 Å². The maximum atomic E-state index is 12.4. The molecule has 6 nitrogen and oxygen atoms in total. The van der Waals surface area contributed by atoms with Gasteiger partial charge in [-0.25, -0.2) is 4.98 Å². The topological polar surface area (TPSA) is 78.9 Å². The number of pyridine rings is 2. The molecule has 3 N–H and O–H groups in total. The summed E-state index contributed by atoms with van der Waals surface area (Å²) in [5.74, 6) is -0.394. The lowest BCUT2D eigenvalue weighted by molar-refractivity contribution is 0.0944. The molecule has 0 fully saturated rings. The summed E-state index contributed by atoms with van der Waals surface area (Å²) in [6.07, 6.45) is 1.48. The predicted molar refractivity (Wildman–Crippen MR) is 94.5 cm³/mol. The molecule has 0 aliphatic carbocycles. The maximum absolute atomic E-state index is 12.4. The summed E-state index contributed by atoms with van der Waals surface area (Å²) in [6, 6.07) is 5.03. The molecule has 0 aliphatic rings. The summed E-state index contributed by atoms with van der Waals surface area (Å²) in [6.45, 7) is 1.82. The molecule has 0 bridgehead atoms. The summed E-state index contributed by atoms with van der Waals surface area (Å²) < 4.78 is 0. The Morgan fingerprint density at radius 2 is 1.83 bits per heavy atom. The molecule has 23 heavy (non-hydrogen) atoms. The highest BCUT2D eigenvalue weighted by Gasteiger charge is 2.15. The molecule has 0 saturated heterocycles. The second-order valence-corrected chi connectivity index (χ2v) is 5.71. The number of thiocarbonyl (C=S) groups is 1. The number of rotatable bonds is 2. The van der Waals surface area contributed by atoms with Crippen molar-refractivity contribution in [2.45, 2.75) is 6.92 Å². The fraction of sp³-hybridized carbons (Fsp3) is 0.143. The van der Waals surface area contributed by atoms with Crippen LogP contribution >= 0.6 is 35.4 Å². The Kier molecular flexibility index (Phi) is 5.70. The van der Waals surface area contributed by atoms with Crippen LogP contribution in [0.1, 0.15) is 16.1 Å². The molecule has 120 valence electrons. The lowest BCUT2D eigenvalue weighted by Crippen LogP contribution is -2.45. The predicted octanol–water partition coefficient (Wildman–Crippen LogP) is 2.50. The fourth-order valence-electron chi connectivity index (χ4n) is 1.84. The highest BCUT2D eigenvalue weighted by molar-refractivity contribution is 7.80. The lowest BCUT2D eigenvalue weighted by Gasteiger charge is -2.13. The van der Waals surface area contributed by atoms with Gasteiger partial charge in [-0.15, -0.1) is 0 Å². The molecule has 2 heterocycles. The van der Waals surface area contributed by atoms with Crippen molar-refractivity contribution in [2.24, 2.45) is 0 Å². The molecule has 0 spiro atoms. The summed E-state index contributed by atoms with van der Waals surface area (Å²) in [5.41, 5.74) is 7.47. The first-order valence-electron chi connectivity index (χ1n) is 6.49. The summed E-state index contributed by atoms with van der Waals surface area (Å²) in [7, 11) is 1.64. The Bertz CT molecular complexity index is 749. The number of carbonyl (C=O) groups is 1. The van der Waals surface area contributed by atoms with Gasteiger partial charge < -0.3 is 5.32 Å². The van der Waals surface area contributed by atoms with Crippen LogP contribution in [0.2, 0.25) is 10.3 Å². The largest absolute Gasteiger partial charge is 0.364 e. The van der Waals surface area contributed by atoms with E-state index in [2.05, 4.69) is 26.1 Å². The number of aromatic nitrogens is 2. The van der Waals surface area contributed by atoms with Crippen molar-refractivity contribution in [3.05, 3.63) is 46.0 Å². The zero-order valence-electron chi connectivity index (χ0n) is 12.3. The fourth-order valence-corrected chi connectivity index (χ4v) is 2.35. The van der Waals surface area contributed by atoms with E-state index in [9.17, 15) is 4.79 Å². The van der Waals surface area contributed by atoms with Crippen molar-refractivity contribution in [2.75, 3.05) is 7.05 Å². The van der Waals surface area contributed by atoms with Gasteiger partial charge in [-0.1, -0.05) is 23.2 Å². The van der Waals surface area contributed by atoms with Gasteiger partial charge in [0.05, 0.1) is 5.56 Å². The molecular formula is C14H13Cl2N5OS. The average Bonchev–Trinajstić information content (AvgIpc) is 2.51. The second kappa shape index (κ2) is 7.54. The van der Waals surface area contributed by atoms with Gasteiger partial charge >= 0.3 is 0 Å². The smallest absolute Gasteiger partial charge is 0.271 e. The molecule has 0 unspecified atom stereocenters. The summed E-state index contributed by atoms with van der Waals surface area (Å²) in [5, 5.41) is 3.45. The molecule has 0 saturated carbocycles. The minimum Gasteiger partial charge on any atom is -0.364 e. The monoisotopic (exact) mass is 369 g/mol. The second-order valence-electron chi connectivity index (χ2n) is 4.53. The number of halogens is 2. The third-order valence-corrected chi connectivity index (χ3v) is 3.57. The lowest BCUT2D eigenvalue weighted by atomic mass is 10.0. The number of hydrogen-bond donors (Lipinski definition) is 3. The van der Waals surface area contributed by atoms with Crippen molar-refractivity contribution in [3.63, 3.8) is 0 Å². The van der Waals surface area contributed by atoms with Gasteiger partial charge in [0, 0.05) is 18.9 Å². The van der Waals surface area contributed by atoms with Gasteiger partial charge in [0.25, 0.3) is 5.91 Å². The van der Waals surface area contributed by atoms with E-state index in [0.717, 1.165) is 5.69 Å². The van der Waals surface area contributed by atoms with E-state index in [1.165, 1.54) is 6.20 Å². The minimum absolute atomic E-state index is 0.239. The van der Waals surface area contributed by atoms with Gasteiger partial charge in [-0.05, 0) is 48.5 Å². The normalized spacial score (nSPS) is 10.1. The third-order valence-electron chi connectivity index (χ3n) is 2.88. The zero-order chi connectivity index (χ0) is 17.0. The molecule has 9 heteroatoms. The number of nitrogens with one attached hydrogen (secondary N) is 3. The molecule has 2 rings (SSSR count). The molecule has 0 radical (unpaired) electrons. The molecule has 0 aliphatic heterocycles. The van der Waals surface area contributed by atoms with E-state index in [1.807, 2.05) is 6.92 Å². The van der Waals surface area contributed by atoms with Gasteiger partial charge in [0.15, 0.2) is 5.11 Å². The number of amides is 1. The molecule has 0 atom stereocenters. The van der Waals surface area contributed by atoms with E-state index >= 15 is 0 Å². The van der Waals surface area contributed by atoms with Crippen molar-refractivity contribution in [1.29, 1.82) is 0 Å². The van der Waals surface area contributed by atoms with Crippen LogP contribution in [-0.2, 0) is 0 Å². The SMILES string of the molecule is CNC(=S)NNC(=O)c1cnc(C)cc1-c1cc(Cl)nc(Cl)c1. The van der Waals surface area contributed by atoms with Crippen LogP contribution in [0.4, 0.5) is 0 Å². The van der Waals surface area contributed by atoms with Crippen molar-refractivity contribution < 1.29 is 4.79 Å². The first kappa shape index (κ1) is 17.4.